The van der Waals surface area contributed by atoms with Crippen molar-refractivity contribution in [2.24, 2.45) is 0 Å². The Bertz CT molecular complexity index is 410. The van der Waals surface area contributed by atoms with Gasteiger partial charge in [0.2, 0.25) is 0 Å². The summed E-state index contributed by atoms with van der Waals surface area (Å²) in [7, 11) is 0. The van der Waals surface area contributed by atoms with Gasteiger partial charge in [-0.25, -0.2) is 4.79 Å². The average Bonchev–Trinajstić information content (AvgIpc) is 2.33. The molecular formula is C12H13BrCl2O3. The molecule has 100 valence electrons. The molecule has 0 saturated heterocycles. The fourth-order valence-corrected chi connectivity index (χ4v) is 2.04. The highest BCUT2D eigenvalue weighted by Crippen LogP contribution is 2.22. The van der Waals surface area contributed by atoms with Gasteiger partial charge in [-0.05, 0) is 24.6 Å². The summed E-state index contributed by atoms with van der Waals surface area (Å²) in [4.78, 5) is 10.2. The minimum absolute atomic E-state index is 0.356. The molecular weight excluding hydrogens is 343 g/mol. The van der Waals surface area contributed by atoms with Crippen LogP contribution in [0.3, 0.4) is 0 Å². The van der Waals surface area contributed by atoms with Crippen molar-refractivity contribution < 1.29 is 13.4 Å². The number of hydrogen-bond acceptors (Lipinski definition) is 3. The summed E-state index contributed by atoms with van der Waals surface area (Å²) in [6.45, 7) is 2.37. The molecule has 0 fully saturated rings. The fraction of sp³-hybridized carbons (Fsp3) is 0.417. The van der Waals surface area contributed by atoms with Crippen LogP contribution in [0.1, 0.15) is 18.9 Å². The second-order valence-corrected chi connectivity index (χ2v) is 5.59. The average molecular weight is 356 g/mol. The first-order valence-corrected chi connectivity index (χ1v) is 6.70. The van der Waals surface area contributed by atoms with Crippen molar-refractivity contribution in [3.63, 3.8) is 0 Å². The van der Waals surface area contributed by atoms with Crippen LogP contribution in [0, 0.1) is 0 Å². The van der Waals surface area contributed by atoms with Crippen molar-refractivity contribution >= 4 is 45.4 Å². The minimum Gasteiger partial charge on any atom is -0.382 e. The molecule has 0 heterocycles. The topological polar surface area (TPSA) is 35.5 Å². The van der Waals surface area contributed by atoms with E-state index in [0.717, 1.165) is 5.56 Å². The lowest BCUT2D eigenvalue weighted by atomic mass is 10.1. The van der Waals surface area contributed by atoms with Crippen LogP contribution in [0.2, 0.25) is 5.02 Å². The van der Waals surface area contributed by atoms with E-state index in [-0.39, 0.29) is 0 Å². The predicted octanol–water partition coefficient (Wildman–Crippen LogP) is 4.10. The highest BCUT2D eigenvalue weighted by molar-refractivity contribution is 9.06. The van der Waals surface area contributed by atoms with E-state index < -0.39 is 10.8 Å². The standard InChI is InChI=1S/C12H13BrCl2O3/c1-12(15,11(16)18-13)5-6-17-8-9-3-2-4-10(14)7-9/h2-4,7H,5-6,8H2,1H3. The molecule has 1 rings (SSSR count). The van der Waals surface area contributed by atoms with Gasteiger partial charge in [-0.3, -0.25) is 0 Å². The Morgan fingerprint density at radius 1 is 1.50 bits per heavy atom. The maximum absolute atomic E-state index is 11.3. The zero-order valence-electron chi connectivity index (χ0n) is 9.79. The first-order chi connectivity index (χ1) is 8.45. The number of hydrogen-bond donors (Lipinski definition) is 0. The lowest BCUT2D eigenvalue weighted by molar-refractivity contribution is -0.135. The van der Waals surface area contributed by atoms with Gasteiger partial charge in [-0.15, -0.1) is 11.6 Å². The Hall–Kier alpha value is -0.290. The summed E-state index contributed by atoms with van der Waals surface area (Å²) in [6, 6.07) is 7.40. The van der Waals surface area contributed by atoms with Gasteiger partial charge in [0.05, 0.1) is 6.61 Å². The zero-order chi connectivity index (χ0) is 13.6. The van der Waals surface area contributed by atoms with Crippen molar-refractivity contribution in [1.29, 1.82) is 0 Å². The molecule has 0 aliphatic heterocycles. The molecule has 1 aromatic carbocycles. The first-order valence-electron chi connectivity index (χ1n) is 5.30. The molecule has 0 N–H and O–H groups in total. The molecule has 0 aromatic heterocycles. The van der Waals surface area contributed by atoms with E-state index in [2.05, 4.69) is 20.1 Å². The first kappa shape index (κ1) is 15.8. The van der Waals surface area contributed by atoms with E-state index in [9.17, 15) is 4.79 Å². The van der Waals surface area contributed by atoms with E-state index >= 15 is 0 Å². The molecule has 0 radical (unpaired) electrons. The van der Waals surface area contributed by atoms with Crippen molar-refractivity contribution in [3.8, 4) is 0 Å². The molecule has 0 bridgehead atoms. The van der Waals surface area contributed by atoms with Crippen molar-refractivity contribution in [2.45, 2.75) is 24.8 Å². The fourth-order valence-electron chi connectivity index (χ4n) is 1.26. The van der Waals surface area contributed by atoms with E-state index in [4.69, 9.17) is 27.9 Å². The summed E-state index contributed by atoms with van der Waals surface area (Å²) in [6.07, 6.45) is 0.361. The summed E-state index contributed by atoms with van der Waals surface area (Å²) in [5, 5.41) is 0.668. The monoisotopic (exact) mass is 354 g/mol. The quantitative estimate of drug-likeness (QED) is 0.569. The van der Waals surface area contributed by atoms with Crippen LogP contribution in [-0.4, -0.2) is 17.5 Å². The zero-order valence-corrected chi connectivity index (χ0v) is 12.9. The van der Waals surface area contributed by atoms with Gasteiger partial charge in [-0.1, -0.05) is 23.7 Å². The van der Waals surface area contributed by atoms with E-state index in [1.54, 1.807) is 13.0 Å². The predicted molar refractivity (Wildman–Crippen MR) is 75.0 cm³/mol. The van der Waals surface area contributed by atoms with Gasteiger partial charge in [0.25, 0.3) is 0 Å². The number of carbonyl (C=O) groups excluding carboxylic acids is 1. The Morgan fingerprint density at radius 2 is 2.22 bits per heavy atom. The minimum atomic E-state index is -1.09. The lowest BCUT2D eigenvalue weighted by Crippen LogP contribution is -2.30. The van der Waals surface area contributed by atoms with Crippen LogP contribution >= 0.6 is 39.5 Å². The van der Waals surface area contributed by atoms with Crippen molar-refractivity contribution in [3.05, 3.63) is 34.9 Å². The maximum atomic E-state index is 11.3. The molecule has 1 unspecified atom stereocenters. The normalized spacial score (nSPS) is 14.0. The third-order valence-electron chi connectivity index (χ3n) is 2.37. The van der Waals surface area contributed by atoms with Crippen LogP contribution in [0.5, 0.6) is 0 Å². The Balaban J connectivity index is 2.33. The smallest absolute Gasteiger partial charge is 0.338 e. The van der Waals surface area contributed by atoms with Crippen LogP contribution in [0.4, 0.5) is 0 Å². The number of alkyl halides is 1. The number of halogens is 3. The van der Waals surface area contributed by atoms with Crippen LogP contribution in [0.15, 0.2) is 24.3 Å². The van der Waals surface area contributed by atoms with Gasteiger partial charge >= 0.3 is 5.97 Å². The van der Waals surface area contributed by atoms with Gasteiger partial charge in [-0.2, -0.15) is 0 Å². The number of ether oxygens (including phenoxy) is 1. The Kier molecular flexibility index (Phi) is 6.43. The van der Waals surface area contributed by atoms with Gasteiger partial charge in [0.1, 0.15) is 4.87 Å². The molecule has 0 spiro atoms. The molecule has 18 heavy (non-hydrogen) atoms. The third kappa shape index (κ3) is 5.14. The highest BCUT2D eigenvalue weighted by atomic mass is 79.9. The Morgan fingerprint density at radius 3 is 2.83 bits per heavy atom. The summed E-state index contributed by atoms with van der Waals surface area (Å²) < 4.78 is 9.85. The second-order valence-electron chi connectivity index (χ2n) is 3.99. The molecule has 3 nitrogen and oxygen atoms in total. The largest absolute Gasteiger partial charge is 0.382 e. The van der Waals surface area contributed by atoms with Crippen LogP contribution < -0.4 is 0 Å². The number of benzene rings is 1. The molecule has 1 atom stereocenters. The van der Waals surface area contributed by atoms with E-state index in [1.807, 2.05) is 18.2 Å². The van der Waals surface area contributed by atoms with Crippen LogP contribution in [0.25, 0.3) is 0 Å². The molecule has 0 aliphatic rings. The molecule has 6 heteroatoms. The Labute approximate surface area is 125 Å². The molecule has 0 saturated carbocycles. The van der Waals surface area contributed by atoms with Crippen LogP contribution in [-0.2, 0) is 20.0 Å². The van der Waals surface area contributed by atoms with Gasteiger partial charge < -0.3 is 8.57 Å². The lowest BCUT2D eigenvalue weighted by Gasteiger charge is -2.17. The van der Waals surface area contributed by atoms with E-state index in [1.165, 1.54) is 0 Å². The molecule has 1 aromatic rings. The second kappa shape index (κ2) is 7.34. The number of rotatable bonds is 6. The van der Waals surface area contributed by atoms with E-state index in [0.29, 0.717) is 24.7 Å². The van der Waals surface area contributed by atoms with Crippen molar-refractivity contribution in [1.82, 2.24) is 0 Å². The van der Waals surface area contributed by atoms with Gasteiger partial charge in [0, 0.05) is 18.1 Å². The summed E-state index contributed by atoms with van der Waals surface area (Å²) in [5.41, 5.74) is 0.974. The van der Waals surface area contributed by atoms with Crippen molar-refractivity contribution in [2.75, 3.05) is 6.61 Å². The summed E-state index contributed by atoms with van der Waals surface area (Å²) >= 11 is 14.5. The maximum Gasteiger partial charge on any atom is 0.338 e. The molecule has 0 amide bonds. The number of carbonyl (C=O) groups is 1. The molecule has 0 aliphatic carbocycles. The summed E-state index contributed by atoms with van der Waals surface area (Å²) in [5.74, 6) is -0.532. The third-order valence-corrected chi connectivity index (χ3v) is 3.24. The SMILES string of the molecule is CC(Cl)(CCOCc1cccc(Cl)c1)C(=O)OBr. The van der Waals surface area contributed by atoms with Gasteiger partial charge in [0.15, 0.2) is 16.3 Å². The highest BCUT2D eigenvalue weighted by Gasteiger charge is 2.31.